The van der Waals surface area contributed by atoms with E-state index in [1.807, 2.05) is 0 Å². The molecule has 0 saturated heterocycles. The SMILES string of the molecule is N=NCCCC[C@H](N)CO. The third kappa shape index (κ3) is 5.65. The highest BCUT2D eigenvalue weighted by atomic mass is 16.3. The van der Waals surface area contributed by atoms with Crippen LogP contribution in [-0.2, 0) is 0 Å². The van der Waals surface area contributed by atoms with Crippen LogP contribution in [-0.4, -0.2) is 24.3 Å². The minimum atomic E-state index is -0.0919. The molecule has 0 aromatic rings. The Balaban J connectivity index is 2.95. The standard InChI is InChI=1S/C6H15N3O/c7-6(5-10)3-1-2-4-9-8/h6,8,10H,1-5,7H2/t6-/m0/s1. The minimum absolute atomic E-state index is 0.0536. The normalized spacial score (nSPS) is 13.0. The van der Waals surface area contributed by atoms with Gasteiger partial charge in [-0.1, -0.05) is 0 Å². The van der Waals surface area contributed by atoms with E-state index in [-0.39, 0.29) is 12.6 Å². The zero-order valence-electron chi connectivity index (χ0n) is 6.08. The zero-order valence-corrected chi connectivity index (χ0v) is 6.08. The summed E-state index contributed by atoms with van der Waals surface area (Å²) in [5, 5.41) is 11.7. The van der Waals surface area contributed by atoms with Crippen molar-refractivity contribution >= 4 is 0 Å². The van der Waals surface area contributed by atoms with Gasteiger partial charge in [-0.3, -0.25) is 0 Å². The van der Waals surface area contributed by atoms with E-state index in [9.17, 15) is 0 Å². The van der Waals surface area contributed by atoms with E-state index in [1.54, 1.807) is 0 Å². The summed E-state index contributed by atoms with van der Waals surface area (Å²) in [4.78, 5) is 0. The van der Waals surface area contributed by atoms with Crippen LogP contribution in [0.4, 0.5) is 0 Å². The molecule has 1 atom stereocenters. The molecule has 0 aliphatic heterocycles. The predicted octanol–water partition coefficient (Wildman–Crippen LogP) is 0.507. The van der Waals surface area contributed by atoms with E-state index in [4.69, 9.17) is 16.4 Å². The van der Waals surface area contributed by atoms with Crippen molar-refractivity contribution in [1.82, 2.24) is 0 Å². The van der Waals surface area contributed by atoms with Crippen LogP contribution in [0.15, 0.2) is 5.11 Å². The lowest BCUT2D eigenvalue weighted by molar-refractivity contribution is 0.258. The maximum Gasteiger partial charge on any atom is 0.0596 e. The molecule has 0 fully saturated rings. The van der Waals surface area contributed by atoms with Gasteiger partial charge in [-0.25, -0.2) is 5.53 Å². The van der Waals surface area contributed by atoms with Gasteiger partial charge in [0.25, 0.3) is 0 Å². The Morgan fingerprint density at radius 3 is 2.70 bits per heavy atom. The number of rotatable bonds is 6. The molecular formula is C6H15N3O. The van der Waals surface area contributed by atoms with Gasteiger partial charge in [-0.05, 0) is 19.3 Å². The zero-order chi connectivity index (χ0) is 7.82. The van der Waals surface area contributed by atoms with Crippen LogP contribution in [0, 0.1) is 5.53 Å². The largest absolute Gasteiger partial charge is 0.395 e. The molecule has 0 aliphatic rings. The molecule has 4 heteroatoms. The van der Waals surface area contributed by atoms with E-state index < -0.39 is 0 Å². The maximum atomic E-state index is 8.51. The predicted molar refractivity (Wildman–Crippen MR) is 38.9 cm³/mol. The van der Waals surface area contributed by atoms with E-state index in [1.165, 1.54) is 0 Å². The summed E-state index contributed by atoms with van der Waals surface area (Å²) in [5.41, 5.74) is 11.9. The second kappa shape index (κ2) is 6.64. The highest BCUT2D eigenvalue weighted by Crippen LogP contribution is 1.97. The van der Waals surface area contributed by atoms with Gasteiger partial charge in [-0.2, -0.15) is 5.11 Å². The van der Waals surface area contributed by atoms with E-state index in [0.29, 0.717) is 6.54 Å². The van der Waals surface area contributed by atoms with Crippen molar-refractivity contribution in [1.29, 1.82) is 5.53 Å². The van der Waals surface area contributed by atoms with Crippen molar-refractivity contribution in [3.05, 3.63) is 0 Å². The first-order chi connectivity index (χ1) is 4.81. The van der Waals surface area contributed by atoms with Gasteiger partial charge in [0, 0.05) is 6.04 Å². The summed E-state index contributed by atoms with van der Waals surface area (Å²) in [6, 6.07) is -0.0919. The third-order valence-corrected chi connectivity index (χ3v) is 1.33. The molecule has 4 nitrogen and oxygen atoms in total. The summed E-state index contributed by atoms with van der Waals surface area (Å²) in [7, 11) is 0. The number of hydrogen-bond donors (Lipinski definition) is 3. The lowest BCUT2D eigenvalue weighted by Crippen LogP contribution is -2.23. The third-order valence-electron chi connectivity index (χ3n) is 1.33. The quantitative estimate of drug-likeness (QED) is 0.376. The monoisotopic (exact) mass is 145 g/mol. The molecule has 0 spiro atoms. The molecule has 0 radical (unpaired) electrons. The summed E-state index contributed by atoms with van der Waals surface area (Å²) in [5.74, 6) is 0. The van der Waals surface area contributed by atoms with Crippen molar-refractivity contribution < 1.29 is 5.11 Å². The lowest BCUT2D eigenvalue weighted by Gasteiger charge is -2.05. The Kier molecular flexibility index (Phi) is 6.32. The molecule has 0 bridgehead atoms. The molecule has 0 aromatic carbocycles. The molecule has 60 valence electrons. The maximum absolute atomic E-state index is 8.51. The van der Waals surface area contributed by atoms with Gasteiger partial charge in [0.1, 0.15) is 0 Å². The summed E-state index contributed by atoms with van der Waals surface area (Å²) in [6.07, 6.45) is 2.67. The Morgan fingerprint density at radius 2 is 2.20 bits per heavy atom. The number of nitrogens with zero attached hydrogens (tertiary/aromatic N) is 1. The fraction of sp³-hybridized carbons (Fsp3) is 1.00. The van der Waals surface area contributed by atoms with Gasteiger partial charge < -0.3 is 10.8 Å². The Labute approximate surface area is 60.9 Å². The average molecular weight is 145 g/mol. The molecule has 0 saturated carbocycles. The number of hydrogen-bond acceptors (Lipinski definition) is 4. The van der Waals surface area contributed by atoms with E-state index in [0.717, 1.165) is 19.3 Å². The van der Waals surface area contributed by atoms with Crippen LogP contribution in [0.3, 0.4) is 0 Å². The van der Waals surface area contributed by atoms with Gasteiger partial charge in [0.2, 0.25) is 0 Å². The van der Waals surface area contributed by atoms with E-state index in [2.05, 4.69) is 5.11 Å². The molecule has 0 heterocycles. The van der Waals surface area contributed by atoms with Gasteiger partial charge in [0.05, 0.1) is 13.2 Å². The van der Waals surface area contributed by atoms with Crippen LogP contribution in [0.1, 0.15) is 19.3 Å². The van der Waals surface area contributed by atoms with Crippen LogP contribution in [0.5, 0.6) is 0 Å². The molecule has 0 rings (SSSR count). The first-order valence-electron chi connectivity index (χ1n) is 3.51. The topological polar surface area (TPSA) is 82.5 Å². The van der Waals surface area contributed by atoms with Crippen molar-refractivity contribution in [2.24, 2.45) is 10.8 Å². The Bertz CT molecular complexity index is 87.1. The fourth-order valence-corrected chi connectivity index (χ4v) is 0.689. The second-order valence-electron chi connectivity index (χ2n) is 2.32. The van der Waals surface area contributed by atoms with Crippen molar-refractivity contribution in [2.75, 3.05) is 13.2 Å². The van der Waals surface area contributed by atoms with Crippen molar-refractivity contribution in [3.63, 3.8) is 0 Å². The van der Waals surface area contributed by atoms with Crippen LogP contribution in [0.2, 0.25) is 0 Å². The number of nitrogens with one attached hydrogen (secondary N) is 1. The summed E-state index contributed by atoms with van der Waals surface area (Å²) in [6.45, 7) is 0.635. The molecular weight excluding hydrogens is 130 g/mol. The Hall–Kier alpha value is -0.480. The molecule has 10 heavy (non-hydrogen) atoms. The highest BCUT2D eigenvalue weighted by Gasteiger charge is 1.97. The molecule has 4 N–H and O–H groups in total. The number of aliphatic hydroxyl groups is 1. The first-order valence-corrected chi connectivity index (χ1v) is 3.51. The average Bonchev–Trinajstić information content (AvgIpc) is 1.98. The summed E-state index contributed by atoms with van der Waals surface area (Å²) < 4.78 is 0. The van der Waals surface area contributed by atoms with Crippen molar-refractivity contribution in [2.45, 2.75) is 25.3 Å². The molecule has 0 aromatic heterocycles. The van der Waals surface area contributed by atoms with Crippen LogP contribution >= 0.6 is 0 Å². The number of unbranched alkanes of at least 4 members (excludes halogenated alkanes) is 1. The van der Waals surface area contributed by atoms with Gasteiger partial charge >= 0.3 is 0 Å². The number of aliphatic hydroxyl groups excluding tert-OH is 1. The minimum Gasteiger partial charge on any atom is -0.395 e. The van der Waals surface area contributed by atoms with Crippen LogP contribution in [0.25, 0.3) is 0 Å². The Morgan fingerprint density at radius 1 is 1.50 bits per heavy atom. The highest BCUT2D eigenvalue weighted by molar-refractivity contribution is 4.58. The van der Waals surface area contributed by atoms with E-state index >= 15 is 0 Å². The van der Waals surface area contributed by atoms with Crippen molar-refractivity contribution in [3.8, 4) is 0 Å². The lowest BCUT2D eigenvalue weighted by atomic mass is 10.1. The first kappa shape index (κ1) is 9.52. The second-order valence-corrected chi connectivity index (χ2v) is 2.32. The van der Waals surface area contributed by atoms with Gasteiger partial charge in [-0.15, -0.1) is 0 Å². The number of nitrogens with two attached hydrogens (primary N) is 1. The smallest absolute Gasteiger partial charge is 0.0596 e. The molecule has 0 unspecified atom stereocenters. The van der Waals surface area contributed by atoms with Crippen LogP contribution < -0.4 is 5.73 Å². The molecule has 0 aliphatic carbocycles. The fourth-order valence-electron chi connectivity index (χ4n) is 0.689. The van der Waals surface area contributed by atoms with Gasteiger partial charge in [0.15, 0.2) is 0 Å². The summed E-state index contributed by atoms with van der Waals surface area (Å²) >= 11 is 0. The molecule has 0 amide bonds.